The van der Waals surface area contributed by atoms with Crippen LogP contribution in [0.3, 0.4) is 0 Å². The zero-order valence-electron chi connectivity index (χ0n) is 12.9. The van der Waals surface area contributed by atoms with E-state index in [1.54, 1.807) is 24.3 Å². The second-order valence-corrected chi connectivity index (χ2v) is 5.92. The van der Waals surface area contributed by atoms with Gasteiger partial charge in [0.1, 0.15) is 5.82 Å². The lowest BCUT2D eigenvalue weighted by molar-refractivity contribution is -0.117. The van der Waals surface area contributed by atoms with Gasteiger partial charge in [0.15, 0.2) is 0 Å². The molecule has 1 N–H and O–H groups in total. The van der Waals surface area contributed by atoms with E-state index in [0.717, 1.165) is 0 Å². The molecule has 2 aromatic rings. The molecule has 0 radical (unpaired) electrons. The molecule has 0 heterocycles. The molecular weight excluding hydrogens is 354 g/mol. The molecule has 7 heteroatoms. The molecular formula is C17H15Cl2FN2O2. The number of carbonyl (C=O) groups is 2. The van der Waals surface area contributed by atoms with Gasteiger partial charge in [0.05, 0.1) is 5.02 Å². The third-order valence-corrected chi connectivity index (χ3v) is 3.79. The maximum atomic E-state index is 13.2. The predicted molar refractivity (Wildman–Crippen MR) is 94.1 cm³/mol. The first-order valence-corrected chi connectivity index (χ1v) is 7.91. The van der Waals surface area contributed by atoms with E-state index in [1.165, 1.54) is 30.0 Å². The van der Waals surface area contributed by atoms with E-state index in [1.807, 2.05) is 0 Å². The normalized spacial score (nSPS) is 10.3. The second-order valence-electron chi connectivity index (χ2n) is 5.08. The average Bonchev–Trinajstić information content (AvgIpc) is 2.50. The molecule has 0 unspecified atom stereocenters. The van der Waals surface area contributed by atoms with E-state index in [-0.39, 0.29) is 29.8 Å². The minimum absolute atomic E-state index is 0.0705. The van der Waals surface area contributed by atoms with Crippen LogP contribution in [0.25, 0.3) is 0 Å². The summed E-state index contributed by atoms with van der Waals surface area (Å²) >= 11 is 11.6. The number of benzene rings is 2. The van der Waals surface area contributed by atoms with Gasteiger partial charge in [0, 0.05) is 36.3 Å². The molecule has 2 rings (SSSR count). The number of carbonyl (C=O) groups excluding carboxylic acids is 2. The van der Waals surface area contributed by atoms with Gasteiger partial charge in [-0.05, 0) is 36.4 Å². The van der Waals surface area contributed by atoms with Crippen molar-refractivity contribution in [2.45, 2.75) is 13.3 Å². The highest BCUT2D eigenvalue weighted by Crippen LogP contribution is 2.23. The van der Waals surface area contributed by atoms with Gasteiger partial charge in [-0.2, -0.15) is 0 Å². The number of hydrogen-bond donors (Lipinski definition) is 1. The van der Waals surface area contributed by atoms with E-state index in [9.17, 15) is 14.0 Å². The third-order valence-electron chi connectivity index (χ3n) is 3.27. The van der Waals surface area contributed by atoms with Crippen LogP contribution >= 0.6 is 23.2 Å². The molecule has 2 amide bonds. The molecule has 0 atom stereocenters. The van der Waals surface area contributed by atoms with Gasteiger partial charge in [0.2, 0.25) is 11.8 Å². The molecule has 4 nitrogen and oxygen atoms in total. The SMILES string of the molecule is CC(=O)N(CCC(=O)Nc1cccc(Cl)c1)c1ccc(F)c(Cl)c1. The molecule has 126 valence electrons. The van der Waals surface area contributed by atoms with Gasteiger partial charge >= 0.3 is 0 Å². The van der Waals surface area contributed by atoms with E-state index < -0.39 is 5.82 Å². The lowest BCUT2D eigenvalue weighted by atomic mass is 10.2. The van der Waals surface area contributed by atoms with E-state index in [0.29, 0.717) is 16.4 Å². The Morgan fingerprint density at radius 1 is 1.17 bits per heavy atom. The summed E-state index contributed by atoms with van der Waals surface area (Å²) in [5.41, 5.74) is 1.01. The molecule has 0 spiro atoms. The topological polar surface area (TPSA) is 49.4 Å². The van der Waals surface area contributed by atoms with Gasteiger partial charge in [-0.1, -0.05) is 29.3 Å². The molecule has 24 heavy (non-hydrogen) atoms. The summed E-state index contributed by atoms with van der Waals surface area (Å²) in [6.07, 6.45) is 0.0705. The average molecular weight is 369 g/mol. The molecule has 0 aliphatic carbocycles. The van der Waals surface area contributed by atoms with Gasteiger partial charge in [-0.25, -0.2) is 4.39 Å². The summed E-state index contributed by atoms with van der Waals surface area (Å²) in [5, 5.41) is 3.13. The van der Waals surface area contributed by atoms with Crippen LogP contribution in [0, 0.1) is 5.82 Å². The van der Waals surface area contributed by atoms with Crippen molar-refractivity contribution in [2.24, 2.45) is 0 Å². The summed E-state index contributed by atoms with van der Waals surface area (Å²) in [6, 6.07) is 10.7. The van der Waals surface area contributed by atoms with E-state index in [4.69, 9.17) is 23.2 Å². The molecule has 0 saturated heterocycles. The van der Waals surface area contributed by atoms with Crippen molar-refractivity contribution in [3.05, 3.63) is 58.3 Å². The summed E-state index contributed by atoms with van der Waals surface area (Å²) in [7, 11) is 0. The Labute approximate surface area is 149 Å². The maximum Gasteiger partial charge on any atom is 0.226 e. The first-order valence-electron chi connectivity index (χ1n) is 7.15. The van der Waals surface area contributed by atoms with E-state index >= 15 is 0 Å². The largest absolute Gasteiger partial charge is 0.326 e. The Balaban J connectivity index is 2.02. The van der Waals surface area contributed by atoms with Crippen molar-refractivity contribution >= 4 is 46.4 Å². The van der Waals surface area contributed by atoms with Crippen LogP contribution in [-0.4, -0.2) is 18.4 Å². The van der Waals surface area contributed by atoms with Crippen LogP contribution in [0.5, 0.6) is 0 Å². The number of amides is 2. The number of rotatable bonds is 5. The lowest BCUT2D eigenvalue weighted by Crippen LogP contribution is -2.32. The smallest absolute Gasteiger partial charge is 0.226 e. The van der Waals surface area contributed by atoms with Crippen molar-refractivity contribution < 1.29 is 14.0 Å². The van der Waals surface area contributed by atoms with Crippen LogP contribution < -0.4 is 10.2 Å². The summed E-state index contributed by atoms with van der Waals surface area (Å²) in [4.78, 5) is 25.2. The Morgan fingerprint density at radius 2 is 1.92 bits per heavy atom. The summed E-state index contributed by atoms with van der Waals surface area (Å²) in [5.74, 6) is -1.10. The quantitative estimate of drug-likeness (QED) is 0.843. The van der Waals surface area contributed by atoms with Crippen molar-refractivity contribution in [2.75, 3.05) is 16.8 Å². The zero-order valence-corrected chi connectivity index (χ0v) is 14.4. The van der Waals surface area contributed by atoms with Crippen molar-refractivity contribution in [1.82, 2.24) is 0 Å². The molecule has 0 aliphatic rings. The van der Waals surface area contributed by atoms with Gasteiger partial charge in [0.25, 0.3) is 0 Å². The number of nitrogens with zero attached hydrogens (tertiary/aromatic N) is 1. The summed E-state index contributed by atoms with van der Waals surface area (Å²) in [6.45, 7) is 1.51. The van der Waals surface area contributed by atoms with Crippen LogP contribution in [0.15, 0.2) is 42.5 Å². The molecule has 0 saturated carbocycles. The maximum absolute atomic E-state index is 13.2. The van der Waals surface area contributed by atoms with Crippen molar-refractivity contribution in [1.29, 1.82) is 0 Å². The Hall–Kier alpha value is -2.11. The van der Waals surface area contributed by atoms with Gasteiger partial charge in [-0.15, -0.1) is 0 Å². The monoisotopic (exact) mass is 368 g/mol. The highest BCUT2D eigenvalue weighted by atomic mass is 35.5. The Kier molecular flexibility index (Phi) is 6.17. The first kappa shape index (κ1) is 18.2. The fourth-order valence-electron chi connectivity index (χ4n) is 2.12. The van der Waals surface area contributed by atoms with Crippen molar-refractivity contribution in [3.63, 3.8) is 0 Å². The fourth-order valence-corrected chi connectivity index (χ4v) is 2.49. The summed E-state index contributed by atoms with van der Waals surface area (Å²) < 4.78 is 13.2. The second kappa shape index (κ2) is 8.13. The molecule has 0 fully saturated rings. The number of hydrogen-bond acceptors (Lipinski definition) is 2. The highest BCUT2D eigenvalue weighted by molar-refractivity contribution is 6.31. The molecule has 2 aromatic carbocycles. The van der Waals surface area contributed by atoms with Crippen LogP contribution in [0.4, 0.5) is 15.8 Å². The van der Waals surface area contributed by atoms with Crippen molar-refractivity contribution in [3.8, 4) is 0 Å². The molecule has 0 aromatic heterocycles. The first-order chi connectivity index (χ1) is 11.4. The lowest BCUT2D eigenvalue weighted by Gasteiger charge is -2.21. The minimum atomic E-state index is -0.567. The molecule has 0 aliphatic heterocycles. The molecule has 0 bridgehead atoms. The fraction of sp³-hybridized carbons (Fsp3) is 0.176. The number of anilines is 2. The van der Waals surface area contributed by atoms with Gasteiger partial charge < -0.3 is 10.2 Å². The minimum Gasteiger partial charge on any atom is -0.326 e. The Morgan fingerprint density at radius 3 is 2.54 bits per heavy atom. The van der Waals surface area contributed by atoms with Crippen LogP contribution in [-0.2, 0) is 9.59 Å². The standard InChI is InChI=1S/C17H15Cl2FN2O2/c1-11(23)22(14-5-6-16(20)15(19)10-14)8-7-17(24)21-13-4-2-3-12(18)9-13/h2-6,9-10H,7-8H2,1H3,(H,21,24). The van der Waals surface area contributed by atoms with Crippen LogP contribution in [0.2, 0.25) is 10.0 Å². The van der Waals surface area contributed by atoms with E-state index in [2.05, 4.69) is 5.32 Å². The van der Waals surface area contributed by atoms with Crippen LogP contribution in [0.1, 0.15) is 13.3 Å². The zero-order chi connectivity index (χ0) is 17.7. The number of halogens is 3. The third kappa shape index (κ3) is 4.94. The number of nitrogens with one attached hydrogen (secondary N) is 1. The highest BCUT2D eigenvalue weighted by Gasteiger charge is 2.15. The Bertz CT molecular complexity index is 768. The van der Waals surface area contributed by atoms with Gasteiger partial charge in [-0.3, -0.25) is 9.59 Å². The predicted octanol–water partition coefficient (Wildman–Crippen LogP) is 4.51.